The number of aromatic nitrogens is 6. The van der Waals surface area contributed by atoms with E-state index in [1.807, 2.05) is 7.05 Å². The van der Waals surface area contributed by atoms with E-state index in [2.05, 4.69) is 30.6 Å². The van der Waals surface area contributed by atoms with E-state index >= 15 is 0 Å². The summed E-state index contributed by atoms with van der Waals surface area (Å²) < 4.78 is 6.68. The first-order valence-corrected chi connectivity index (χ1v) is 5.33. The topological polar surface area (TPSA) is 117 Å². The van der Waals surface area contributed by atoms with Crippen molar-refractivity contribution in [2.24, 2.45) is 12.9 Å². The van der Waals surface area contributed by atoms with Crippen molar-refractivity contribution in [3.63, 3.8) is 0 Å². The van der Waals surface area contributed by atoms with Gasteiger partial charge in [0.1, 0.15) is 6.33 Å². The Labute approximate surface area is 101 Å². The molecule has 0 saturated carbocycles. The summed E-state index contributed by atoms with van der Waals surface area (Å²) in [4.78, 5) is 12.0. The molecule has 2 aromatic rings. The van der Waals surface area contributed by atoms with Gasteiger partial charge in [-0.3, -0.25) is 5.43 Å². The fourth-order valence-electron chi connectivity index (χ4n) is 0.986. The fourth-order valence-corrected chi connectivity index (χ4v) is 1.68. The van der Waals surface area contributed by atoms with Crippen LogP contribution in [0.15, 0.2) is 16.6 Å². The maximum atomic E-state index is 5.24. The van der Waals surface area contributed by atoms with Gasteiger partial charge in [0, 0.05) is 7.05 Å². The number of aryl methyl sites for hydroxylation is 1. The van der Waals surface area contributed by atoms with Crippen molar-refractivity contribution < 1.29 is 4.74 Å². The summed E-state index contributed by atoms with van der Waals surface area (Å²) in [7, 11) is 3.29. The third-order valence-corrected chi connectivity index (χ3v) is 2.68. The Balaban J connectivity index is 2.29. The number of hydrogen-bond donors (Lipinski definition) is 2. The lowest BCUT2D eigenvalue weighted by atomic mass is 10.9. The van der Waals surface area contributed by atoms with Gasteiger partial charge in [0.05, 0.1) is 7.11 Å². The van der Waals surface area contributed by atoms with Gasteiger partial charge in [-0.05, 0) is 11.8 Å². The second-order valence-electron chi connectivity index (χ2n) is 2.90. The Kier molecular flexibility index (Phi) is 3.35. The van der Waals surface area contributed by atoms with E-state index in [4.69, 9.17) is 10.6 Å². The molecule has 90 valence electrons. The van der Waals surface area contributed by atoms with Crippen LogP contribution in [0.1, 0.15) is 0 Å². The maximum Gasteiger partial charge on any atom is 0.322 e. The van der Waals surface area contributed by atoms with E-state index in [1.54, 1.807) is 10.9 Å². The number of hydrogen-bond acceptors (Lipinski definition) is 9. The lowest BCUT2D eigenvalue weighted by Crippen LogP contribution is -2.12. The first-order valence-electron chi connectivity index (χ1n) is 4.51. The zero-order valence-corrected chi connectivity index (χ0v) is 9.97. The van der Waals surface area contributed by atoms with E-state index in [1.165, 1.54) is 18.9 Å². The molecular formula is C7H10N8OS. The predicted octanol–water partition coefficient (Wildman–Crippen LogP) is -0.555. The molecule has 2 rings (SSSR count). The quantitative estimate of drug-likeness (QED) is 0.547. The minimum absolute atomic E-state index is 0.178. The van der Waals surface area contributed by atoms with Crippen molar-refractivity contribution in [2.75, 3.05) is 12.5 Å². The molecule has 0 radical (unpaired) electrons. The lowest BCUT2D eigenvalue weighted by molar-refractivity contribution is 0.373. The van der Waals surface area contributed by atoms with Gasteiger partial charge < -0.3 is 9.30 Å². The minimum Gasteiger partial charge on any atom is -0.467 e. The number of ether oxygens (including phenoxy) is 1. The van der Waals surface area contributed by atoms with Crippen LogP contribution in [-0.4, -0.2) is 36.8 Å². The monoisotopic (exact) mass is 254 g/mol. The smallest absolute Gasteiger partial charge is 0.322 e. The molecule has 9 nitrogen and oxygen atoms in total. The molecule has 0 amide bonds. The van der Waals surface area contributed by atoms with Gasteiger partial charge >= 0.3 is 6.01 Å². The lowest BCUT2D eigenvalue weighted by Gasteiger charge is -2.04. The van der Waals surface area contributed by atoms with Crippen LogP contribution in [0.5, 0.6) is 6.01 Å². The van der Waals surface area contributed by atoms with Gasteiger partial charge in [0.25, 0.3) is 0 Å². The van der Waals surface area contributed by atoms with Crippen LogP contribution in [0, 0.1) is 0 Å². The zero-order chi connectivity index (χ0) is 12.3. The van der Waals surface area contributed by atoms with Crippen LogP contribution in [0.2, 0.25) is 0 Å². The Hall–Kier alpha value is -1.94. The highest BCUT2D eigenvalue weighted by Crippen LogP contribution is 2.23. The van der Waals surface area contributed by atoms with Crippen molar-refractivity contribution in [1.29, 1.82) is 0 Å². The molecule has 0 atom stereocenters. The molecule has 10 heteroatoms. The molecule has 3 N–H and O–H groups in total. The molecule has 0 spiro atoms. The molecule has 0 saturated heterocycles. The van der Waals surface area contributed by atoms with E-state index in [-0.39, 0.29) is 12.0 Å². The van der Waals surface area contributed by atoms with Crippen LogP contribution in [0.25, 0.3) is 0 Å². The molecule has 17 heavy (non-hydrogen) atoms. The first kappa shape index (κ1) is 11.5. The number of nitrogens with two attached hydrogens (primary N) is 1. The van der Waals surface area contributed by atoms with Gasteiger partial charge in [-0.2, -0.15) is 15.0 Å². The normalized spacial score (nSPS) is 10.3. The third-order valence-electron chi connectivity index (χ3n) is 1.76. The van der Waals surface area contributed by atoms with E-state index in [0.717, 1.165) is 0 Å². The summed E-state index contributed by atoms with van der Waals surface area (Å²) in [5.41, 5.74) is 2.34. The highest BCUT2D eigenvalue weighted by Gasteiger charge is 2.10. The molecule has 0 unspecified atom stereocenters. The summed E-state index contributed by atoms with van der Waals surface area (Å²) in [5, 5.41) is 8.73. The molecule has 0 aliphatic heterocycles. The number of methoxy groups -OCH3 is 1. The molecule has 2 aromatic heterocycles. The fraction of sp³-hybridized carbons (Fsp3) is 0.286. The van der Waals surface area contributed by atoms with Crippen LogP contribution < -0.4 is 16.0 Å². The van der Waals surface area contributed by atoms with Crippen LogP contribution in [0.4, 0.5) is 5.95 Å². The average molecular weight is 254 g/mol. The molecule has 2 heterocycles. The summed E-state index contributed by atoms with van der Waals surface area (Å²) in [6, 6.07) is 0.178. The highest BCUT2D eigenvalue weighted by molar-refractivity contribution is 7.99. The number of anilines is 1. The second kappa shape index (κ2) is 4.93. The second-order valence-corrected chi connectivity index (χ2v) is 3.83. The standard InChI is InChI=1S/C7H10N8OS/c1-15-3-9-14-7(15)17-6-11-4(13-8)10-5(12-6)16-2/h3H,8H2,1-2H3,(H,10,11,12,13). The average Bonchev–Trinajstić information content (AvgIpc) is 2.74. The first-order chi connectivity index (χ1) is 8.22. The molecular weight excluding hydrogens is 244 g/mol. The maximum absolute atomic E-state index is 5.24. The molecule has 0 fully saturated rings. The number of nitrogen functional groups attached to an aromatic ring is 1. The number of hydrazine groups is 1. The Bertz CT molecular complexity index is 492. The zero-order valence-electron chi connectivity index (χ0n) is 9.15. The largest absolute Gasteiger partial charge is 0.467 e. The summed E-state index contributed by atoms with van der Waals surface area (Å²) in [6.07, 6.45) is 1.59. The van der Waals surface area contributed by atoms with E-state index < -0.39 is 0 Å². The Morgan fingerprint density at radius 2 is 2.24 bits per heavy atom. The minimum atomic E-state index is 0.178. The van der Waals surface area contributed by atoms with Gasteiger partial charge in [-0.25, -0.2) is 5.84 Å². The SMILES string of the molecule is COc1nc(NN)nc(Sc2nncn2C)n1. The predicted molar refractivity (Wildman–Crippen MR) is 59.3 cm³/mol. The van der Waals surface area contributed by atoms with Crippen molar-refractivity contribution in [3.05, 3.63) is 6.33 Å². The van der Waals surface area contributed by atoms with Crippen LogP contribution in [0.3, 0.4) is 0 Å². The van der Waals surface area contributed by atoms with Crippen LogP contribution in [-0.2, 0) is 7.05 Å². The number of rotatable bonds is 4. The number of nitrogens with zero attached hydrogens (tertiary/aromatic N) is 6. The summed E-state index contributed by atoms with van der Waals surface area (Å²) in [5.74, 6) is 5.47. The Morgan fingerprint density at radius 1 is 1.41 bits per heavy atom. The van der Waals surface area contributed by atoms with Crippen molar-refractivity contribution in [1.82, 2.24) is 29.7 Å². The highest BCUT2D eigenvalue weighted by atomic mass is 32.2. The van der Waals surface area contributed by atoms with Gasteiger partial charge in [-0.15, -0.1) is 10.2 Å². The van der Waals surface area contributed by atoms with Crippen molar-refractivity contribution >= 4 is 17.7 Å². The van der Waals surface area contributed by atoms with Crippen molar-refractivity contribution in [2.45, 2.75) is 10.3 Å². The van der Waals surface area contributed by atoms with E-state index in [9.17, 15) is 0 Å². The van der Waals surface area contributed by atoms with Gasteiger partial charge in [0.15, 0.2) is 5.16 Å². The molecule has 0 aliphatic carbocycles. The van der Waals surface area contributed by atoms with E-state index in [0.29, 0.717) is 10.3 Å². The molecule has 0 aromatic carbocycles. The summed E-state index contributed by atoms with van der Waals surface area (Å²) in [6.45, 7) is 0. The number of nitrogens with one attached hydrogen (secondary N) is 1. The Morgan fingerprint density at radius 3 is 2.82 bits per heavy atom. The summed E-state index contributed by atoms with van der Waals surface area (Å²) >= 11 is 1.23. The molecule has 0 aliphatic rings. The van der Waals surface area contributed by atoms with Gasteiger partial charge in [0.2, 0.25) is 11.1 Å². The molecule has 0 bridgehead atoms. The third kappa shape index (κ3) is 2.60. The van der Waals surface area contributed by atoms with Gasteiger partial charge in [-0.1, -0.05) is 0 Å². The van der Waals surface area contributed by atoms with Crippen molar-refractivity contribution in [3.8, 4) is 6.01 Å². The van der Waals surface area contributed by atoms with Crippen LogP contribution >= 0.6 is 11.8 Å².